The van der Waals surface area contributed by atoms with Crippen molar-refractivity contribution in [2.24, 2.45) is 0 Å². The van der Waals surface area contributed by atoms with Crippen LogP contribution >= 0.6 is 15.9 Å². The molecule has 1 aliphatic heterocycles. The van der Waals surface area contributed by atoms with E-state index in [4.69, 9.17) is 5.11 Å². The third-order valence-electron chi connectivity index (χ3n) is 4.60. The van der Waals surface area contributed by atoms with E-state index in [9.17, 15) is 19.2 Å². The molecule has 4 rings (SSSR count). The van der Waals surface area contributed by atoms with Crippen LogP contribution in [0.15, 0.2) is 71.2 Å². The fourth-order valence-electron chi connectivity index (χ4n) is 3.14. The van der Waals surface area contributed by atoms with Gasteiger partial charge in [0.25, 0.3) is 17.7 Å². The Balaban J connectivity index is 1.62. The maximum atomic E-state index is 12.9. The summed E-state index contributed by atoms with van der Waals surface area (Å²) in [5, 5.41) is 11.9. The number of hydrogen-bond donors (Lipinski definition) is 2. The lowest BCUT2D eigenvalue weighted by Crippen LogP contribution is -2.29. The van der Waals surface area contributed by atoms with Crippen molar-refractivity contribution in [3.63, 3.8) is 0 Å². The van der Waals surface area contributed by atoms with Gasteiger partial charge >= 0.3 is 5.97 Å². The van der Waals surface area contributed by atoms with Crippen LogP contribution in [0.4, 0.5) is 11.4 Å². The number of imide groups is 1. The van der Waals surface area contributed by atoms with Gasteiger partial charge in [-0.15, -0.1) is 0 Å². The van der Waals surface area contributed by atoms with Crippen molar-refractivity contribution in [2.75, 3.05) is 10.2 Å². The standard InChI is InChI=1S/C22H13BrN2O5/c23-14-6-4-12(5-7-14)19(26)24-15-8-9-17-18(11-15)21(28)25(20(17)27)16-3-1-2-13(10-16)22(29)30/h1-11H,(H,24,26)(H,29,30). The Kier molecular flexibility index (Phi) is 4.93. The molecule has 0 aliphatic carbocycles. The zero-order valence-corrected chi connectivity index (χ0v) is 16.8. The third-order valence-corrected chi connectivity index (χ3v) is 5.13. The fraction of sp³-hybridized carbons (Fsp3) is 0. The highest BCUT2D eigenvalue weighted by Gasteiger charge is 2.37. The molecule has 7 nitrogen and oxygen atoms in total. The number of nitrogens with zero attached hydrogens (tertiary/aromatic N) is 1. The normalized spacial score (nSPS) is 12.6. The molecule has 148 valence electrons. The van der Waals surface area contributed by atoms with Gasteiger partial charge in [-0.1, -0.05) is 22.0 Å². The molecule has 0 spiro atoms. The number of anilines is 2. The molecule has 0 aromatic heterocycles. The molecule has 3 amide bonds. The first-order valence-corrected chi connectivity index (χ1v) is 9.57. The van der Waals surface area contributed by atoms with Crippen molar-refractivity contribution in [2.45, 2.75) is 0 Å². The highest BCUT2D eigenvalue weighted by atomic mass is 79.9. The minimum Gasteiger partial charge on any atom is -0.478 e. The number of halogens is 1. The minimum absolute atomic E-state index is 0.0356. The van der Waals surface area contributed by atoms with E-state index in [1.807, 2.05) is 0 Å². The van der Waals surface area contributed by atoms with Gasteiger partial charge in [-0.25, -0.2) is 9.69 Å². The van der Waals surface area contributed by atoms with E-state index < -0.39 is 17.8 Å². The molecule has 1 heterocycles. The number of rotatable bonds is 4. The molecule has 0 saturated heterocycles. The highest BCUT2D eigenvalue weighted by Crippen LogP contribution is 2.31. The number of fused-ring (bicyclic) bond motifs is 1. The Morgan fingerprint density at radius 2 is 1.53 bits per heavy atom. The van der Waals surface area contributed by atoms with Crippen molar-refractivity contribution in [1.29, 1.82) is 0 Å². The number of aromatic carboxylic acids is 1. The Morgan fingerprint density at radius 1 is 0.833 bits per heavy atom. The fourth-order valence-corrected chi connectivity index (χ4v) is 3.40. The number of carboxylic acids is 1. The van der Waals surface area contributed by atoms with Crippen LogP contribution < -0.4 is 10.2 Å². The first-order chi connectivity index (χ1) is 14.3. The molecule has 1 aliphatic rings. The highest BCUT2D eigenvalue weighted by molar-refractivity contribution is 9.10. The topological polar surface area (TPSA) is 104 Å². The summed E-state index contributed by atoms with van der Waals surface area (Å²) < 4.78 is 0.841. The number of amides is 3. The smallest absolute Gasteiger partial charge is 0.335 e. The average Bonchev–Trinajstić information content (AvgIpc) is 2.98. The van der Waals surface area contributed by atoms with Gasteiger partial charge < -0.3 is 10.4 Å². The van der Waals surface area contributed by atoms with E-state index in [0.717, 1.165) is 9.37 Å². The summed E-state index contributed by atoms with van der Waals surface area (Å²) in [6, 6.07) is 16.8. The number of hydrogen-bond acceptors (Lipinski definition) is 4. The largest absolute Gasteiger partial charge is 0.478 e. The maximum Gasteiger partial charge on any atom is 0.335 e. The molecule has 0 atom stereocenters. The zero-order chi connectivity index (χ0) is 21.4. The van der Waals surface area contributed by atoms with Crippen molar-refractivity contribution in [3.8, 4) is 0 Å². The number of carboxylic acid groups (broad SMARTS) is 1. The summed E-state index contributed by atoms with van der Waals surface area (Å²) in [5.74, 6) is -2.66. The van der Waals surface area contributed by atoms with Crippen LogP contribution in [0.1, 0.15) is 41.4 Å². The average molecular weight is 465 g/mol. The lowest BCUT2D eigenvalue weighted by atomic mass is 10.1. The first-order valence-electron chi connectivity index (χ1n) is 8.78. The Labute approximate surface area is 179 Å². The van der Waals surface area contributed by atoms with E-state index in [1.54, 1.807) is 24.3 Å². The molecule has 3 aromatic carbocycles. The van der Waals surface area contributed by atoms with E-state index >= 15 is 0 Å². The van der Waals surface area contributed by atoms with Gasteiger partial charge in [0.15, 0.2) is 0 Å². The minimum atomic E-state index is -1.16. The van der Waals surface area contributed by atoms with Gasteiger partial charge in [-0.2, -0.15) is 0 Å². The summed E-state index contributed by atoms with van der Waals surface area (Å²) in [6.45, 7) is 0. The molecule has 0 unspecified atom stereocenters. The van der Waals surface area contributed by atoms with Gasteiger partial charge in [-0.3, -0.25) is 14.4 Å². The van der Waals surface area contributed by atoms with Crippen molar-refractivity contribution < 1.29 is 24.3 Å². The molecule has 0 fully saturated rings. The van der Waals surface area contributed by atoms with Gasteiger partial charge in [0.1, 0.15) is 0 Å². The van der Waals surface area contributed by atoms with E-state index in [1.165, 1.54) is 42.5 Å². The van der Waals surface area contributed by atoms with Crippen LogP contribution in [0.25, 0.3) is 0 Å². The lowest BCUT2D eigenvalue weighted by molar-refractivity contribution is 0.0695. The SMILES string of the molecule is O=C(O)c1cccc(N2C(=O)c3ccc(NC(=O)c4ccc(Br)cc4)cc3C2=O)c1. The second kappa shape index (κ2) is 7.57. The Hall–Kier alpha value is -3.78. The monoisotopic (exact) mass is 464 g/mol. The van der Waals surface area contributed by atoms with Gasteiger partial charge in [0.05, 0.1) is 22.4 Å². The molecule has 3 aromatic rings. The van der Waals surface area contributed by atoms with Crippen LogP contribution in [-0.2, 0) is 0 Å². The van der Waals surface area contributed by atoms with Crippen molar-refractivity contribution >= 4 is 51.0 Å². The summed E-state index contributed by atoms with van der Waals surface area (Å²) in [5.41, 5.74) is 1.25. The maximum absolute atomic E-state index is 12.9. The van der Waals surface area contributed by atoms with E-state index in [-0.39, 0.29) is 28.3 Å². The second-order valence-electron chi connectivity index (χ2n) is 6.52. The number of benzene rings is 3. The third kappa shape index (κ3) is 3.48. The van der Waals surface area contributed by atoms with Crippen LogP contribution in [-0.4, -0.2) is 28.8 Å². The predicted molar refractivity (Wildman–Crippen MR) is 113 cm³/mol. The summed E-state index contributed by atoms with van der Waals surface area (Å²) in [7, 11) is 0. The number of carbonyl (C=O) groups is 4. The summed E-state index contributed by atoms with van der Waals surface area (Å²) >= 11 is 3.31. The summed E-state index contributed by atoms with van der Waals surface area (Å²) in [4.78, 5) is 50.2. The molecule has 0 bridgehead atoms. The first kappa shape index (κ1) is 19.5. The summed E-state index contributed by atoms with van der Waals surface area (Å²) in [6.07, 6.45) is 0. The molecular weight excluding hydrogens is 452 g/mol. The van der Waals surface area contributed by atoms with Crippen LogP contribution in [0, 0.1) is 0 Å². The quantitative estimate of drug-likeness (QED) is 0.563. The van der Waals surface area contributed by atoms with E-state index in [0.29, 0.717) is 11.3 Å². The zero-order valence-electron chi connectivity index (χ0n) is 15.3. The molecule has 8 heteroatoms. The van der Waals surface area contributed by atoms with Gasteiger partial charge in [0.2, 0.25) is 0 Å². The molecule has 0 radical (unpaired) electrons. The van der Waals surface area contributed by atoms with Crippen LogP contribution in [0.3, 0.4) is 0 Å². The van der Waals surface area contributed by atoms with E-state index in [2.05, 4.69) is 21.2 Å². The van der Waals surface area contributed by atoms with Gasteiger partial charge in [-0.05, 0) is 60.7 Å². The molecule has 0 saturated carbocycles. The molecule has 2 N–H and O–H groups in total. The van der Waals surface area contributed by atoms with Crippen LogP contribution in [0.2, 0.25) is 0 Å². The van der Waals surface area contributed by atoms with Crippen LogP contribution in [0.5, 0.6) is 0 Å². The number of carbonyl (C=O) groups excluding carboxylic acids is 3. The lowest BCUT2D eigenvalue weighted by Gasteiger charge is -2.14. The van der Waals surface area contributed by atoms with Crippen molar-refractivity contribution in [3.05, 3.63) is 93.5 Å². The Bertz CT molecular complexity index is 1220. The predicted octanol–water partition coefficient (Wildman–Crippen LogP) is 4.20. The number of nitrogens with one attached hydrogen (secondary N) is 1. The van der Waals surface area contributed by atoms with Crippen molar-refractivity contribution in [1.82, 2.24) is 0 Å². The molecule has 30 heavy (non-hydrogen) atoms. The van der Waals surface area contributed by atoms with Gasteiger partial charge in [0, 0.05) is 15.7 Å². The Morgan fingerprint density at radius 3 is 2.23 bits per heavy atom. The second-order valence-corrected chi connectivity index (χ2v) is 7.44. The molecular formula is C22H13BrN2O5.